The highest BCUT2D eigenvalue weighted by Crippen LogP contribution is 2.33. The number of rotatable bonds is 11. The lowest BCUT2D eigenvalue weighted by molar-refractivity contribution is -0.143. The quantitative estimate of drug-likeness (QED) is 0.498. The molecule has 37 heavy (non-hydrogen) atoms. The zero-order valence-corrected chi connectivity index (χ0v) is 21.6. The summed E-state index contributed by atoms with van der Waals surface area (Å²) in [6.07, 6.45) is 0.842. The van der Waals surface area contributed by atoms with E-state index in [4.69, 9.17) is 15.2 Å². The first-order valence-corrected chi connectivity index (χ1v) is 12.8. The Labute approximate surface area is 218 Å². The van der Waals surface area contributed by atoms with E-state index in [1.54, 1.807) is 9.80 Å². The molecule has 0 saturated carbocycles. The molecule has 2 aromatic rings. The molecule has 2 aliphatic rings. The standard InChI is InChI=1S/C28H36N4O5/c1-20(2)14-31-18-28(35)32(15-22-8-9-24-25(12-22)37-19-36-24)16-23(31)13-27(34)30(17-26(29)33)11-10-21-6-4-3-5-7-21/h3-9,12,20,23H,10-11,13-19H2,1-2H3,(H2,29,33). The van der Waals surface area contributed by atoms with Crippen molar-refractivity contribution >= 4 is 17.7 Å². The molecule has 9 heteroatoms. The molecule has 2 aliphatic heterocycles. The average Bonchev–Trinajstić information content (AvgIpc) is 3.32. The van der Waals surface area contributed by atoms with Crippen molar-refractivity contribution in [3.05, 3.63) is 59.7 Å². The summed E-state index contributed by atoms with van der Waals surface area (Å²) in [5.74, 6) is 1.07. The topological polar surface area (TPSA) is 105 Å². The molecular formula is C28H36N4O5. The Balaban J connectivity index is 1.45. The van der Waals surface area contributed by atoms with Gasteiger partial charge in [0.25, 0.3) is 0 Å². The van der Waals surface area contributed by atoms with Crippen LogP contribution in [0.2, 0.25) is 0 Å². The van der Waals surface area contributed by atoms with Gasteiger partial charge in [-0.05, 0) is 35.6 Å². The van der Waals surface area contributed by atoms with Crippen LogP contribution in [0.5, 0.6) is 11.5 Å². The Morgan fingerprint density at radius 1 is 1.08 bits per heavy atom. The minimum Gasteiger partial charge on any atom is -0.454 e. The maximum atomic E-state index is 13.4. The molecule has 2 N–H and O–H groups in total. The summed E-state index contributed by atoms with van der Waals surface area (Å²) in [6, 6.07) is 15.4. The maximum Gasteiger partial charge on any atom is 0.237 e. The molecule has 0 bridgehead atoms. The third-order valence-electron chi connectivity index (χ3n) is 6.67. The Kier molecular flexibility index (Phi) is 8.66. The number of hydrogen-bond donors (Lipinski definition) is 1. The zero-order chi connectivity index (χ0) is 26.4. The van der Waals surface area contributed by atoms with Crippen molar-refractivity contribution in [2.45, 2.75) is 39.3 Å². The molecule has 1 unspecified atom stereocenters. The van der Waals surface area contributed by atoms with Crippen LogP contribution in [-0.2, 0) is 27.3 Å². The Morgan fingerprint density at radius 3 is 2.57 bits per heavy atom. The number of hydrogen-bond acceptors (Lipinski definition) is 6. The van der Waals surface area contributed by atoms with Crippen LogP contribution in [0.15, 0.2) is 48.5 Å². The van der Waals surface area contributed by atoms with Gasteiger partial charge in [-0.2, -0.15) is 0 Å². The summed E-state index contributed by atoms with van der Waals surface area (Å²) >= 11 is 0. The number of carbonyl (C=O) groups is 3. The molecule has 1 fully saturated rings. The summed E-state index contributed by atoms with van der Waals surface area (Å²) in [5, 5.41) is 0. The number of benzene rings is 2. The lowest BCUT2D eigenvalue weighted by Gasteiger charge is -2.42. The first kappa shape index (κ1) is 26.5. The van der Waals surface area contributed by atoms with Crippen molar-refractivity contribution < 1.29 is 23.9 Å². The van der Waals surface area contributed by atoms with Crippen molar-refractivity contribution in [1.82, 2.24) is 14.7 Å². The summed E-state index contributed by atoms with van der Waals surface area (Å²) in [7, 11) is 0. The van der Waals surface area contributed by atoms with E-state index in [9.17, 15) is 14.4 Å². The minimum atomic E-state index is -0.538. The number of nitrogens with two attached hydrogens (primary N) is 1. The fourth-order valence-corrected chi connectivity index (χ4v) is 4.88. The van der Waals surface area contributed by atoms with Crippen molar-refractivity contribution in [1.29, 1.82) is 0 Å². The SMILES string of the molecule is CC(C)CN1CC(=O)N(Cc2ccc3c(c2)OCO3)CC1CC(=O)N(CCc1ccccc1)CC(N)=O. The van der Waals surface area contributed by atoms with Gasteiger partial charge in [0.1, 0.15) is 0 Å². The highest BCUT2D eigenvalue weighted by molar-refractivity contribution is 5.84. The van der Waals surface area contributed by atoms with Crippen LogP contribution in [0.25, 0.3) is 0 Å². The fourth-order valence-electron chi connectivity index (χ4n) is 4.88. The molecular weight excluding hydrogens is 472 g/mol. The van der Waals surface area contributed by atoms with E-state index in [-0.39, 0.29) is 44.2 Å². The molecule has 0 aromatic heterocycles. The Hall–Kier alpha value is -3.59. The summed E-state index contributed by atoms with van der Waals surface area (Å²) in [4.78, 5) is 43.7. The van der Waals surface area contributed by atoms with Crippen LogP contribution in [0.1, 0.15) is 31.4 Å². The van der Waals surface area contributed by atoms with Crippen LogP contribution in [0.4, 0.5) is 0 Å². The van der Waals surface area contributed by atoms with Crippen LogP contribution < -0.4 is 15.2 Å². The van der Waals surface area contributed by atoms with E-state index in [0.29, 0.717) is 50.0 Å². The van der Waals surface area contributed by atoms with E-state index < -0.39 is 5.91 Å². The molecule has 0 radical (unpaired) electrons. The highest BCUT2D eigenvalue weighted by Gasteiger charge is 2.35. The monoisotopic (exact) mass is 508 g/mol. The predicted octanol–water partition coefficient (Wildman–Crippen LogP) is 2.03. The summed E-state index contributed by atoms with van der Waals surface area (Å²) in [5.41, 5.74) is 7.51. The van der Waals surface area contributed by atoms with Gasteiger partial charge < -0.3 is 25.0 Å². The average molecular weight is 509 g/mol. The minimum absolute atomic E-state index is 0.0279. The van der Waals surface area contributed by atoms with Crippen LogP contribution in [-0.4, -0.2) is 78.0 Å². The van der Waals surface area contributed by atoms with E-state index in [1.165, 1.54) is 0 Å². The van der Waals surface area contributed by atoms with Gasteiger partial charge in [0.05, 0.1) is 13.1 Å². The number of primary amides is 1. The molecule has 9 nitrogen and oxygen atoms in total. The normalized spacial score (nSPS) is 17.3. The molecule has 1 atom stereocenters. The van der Waals surface area contributed by atoms with Gasteiger partial charge in [-0.3, -0.25) is 19.3 Å². The van der Waals surface area contributed by atoms with Gasteiger partial charge >= 0.3 is 0 Å². The van der Waals surface area contributed by atoms with Crippen LogP contribution >= 0.6 is 0 Å². The second kappa shape index (κ2) is 12.1. The molecule has 198 valence electrons. The zero-order valence-electron chi connectivity index (χ0n) is 21.6. The van der Waals surface area contributed by atoms with Gasteiger partial charge in [0, 0.05) is 38.6 Å². The lowest BCUT2D eigenvalue weighted by Crippen LogP contribution is -2.57. The molecule has 1 saturated heterocycles. The maximum absolute atomic E-state index is 13.4. The smallest absolute Gasteiger partial charge is 0.237 e. The first-order valence-electron chi connectivity index (χ1n) is 12.8. The Morgan fingerprint density at radius 2 is 1.84 bits per heavy atom. The van der Waals surface area contributed by atoms with Gasteiger partial charge in [0.15, 0.2) is 11.5 Å². The van der Waals surface area contributed by atoms with E-state index in [0.717, 1.165) is 11.1 Å². The van der Waals surface area contributed by atoms with Crippen LogP contribution in [0, 0.1) is 5.92 Å². The summed E-state index contributed by atoms with van der Waals surface area (Å²) in [6.45, 7) is 6.49. The van der Waals surface area contributed by atoms with Gasteiger partial charge in [-0.15, -0.1) is 0 Å². The van der Waals surface area contributed by atoms with Crippen LogP contribution in [0.3, 0.4) is 0 Å². The fraction of sp³-hybridized carbons (Fsp3) is 0.464. The predicted molar refractivity (Wildman–Crippen MR) is 139 cm³/mol. The first-order chi connectivity index (χ1) is 17.8. The Bertz CT molecular complexity index is 1110. The highest BCUT2D eigenvalue weighted by atomic mass is 16.7. The van der Waals surface area contributed by atoms with E-state index >= 15 is 0 Å². The van der Waals surface area contributed by atoms with Gasteiger partial charge in [0.2, 0.25) is 24.5 Å². The number of ether oxygens (including phenoxy) is 2. The molecule has 0 spiro atoms. The molecule has 2 heterocycles. The number of amides is 3. The van der Waals surface area contributed by atoms with Crippen molar-refractivity contribution in [3.8, 4) is 11.5 Å². The number of nitrogens with zero attached hydrogens (tertiary/aromatic N) is 3. The summed E-state index contributed by atoms with van der Waals surface area (Å²) < 4.78 is 10.9. The second-order valence-corrected chi connectivity index (χ2v) is 10.2. The van der Waals surface area contributed by atoms with E-state index in [2.05, 4.69) is 18.7 Å². The third-order valence-corrected chi connectivity index (χ3v) is 6.67. The third kappa shape index (κ3) is 7.22. The molecule has 2 aromatic carbocycles. The van der Waals surface area contributed by atoms with Crippen molar-refractivity contribution in [3.63, 3.8) is 0 Å². The van der Waals surface area contributed by atoms with Crippen molar-refractivity contribution in [2.75, 3.05) is 39.5 Å². The molecule has 0 aliphatic carbocycles. The van der Waals surface area contributed by atoms with Crippen molar-refractivity contribution in [2.24, 2.45) is 11.7 Å². The lowest BCUT2D eigenvalue weighted by atomic mass is 10.0. The number of piperazine rings is 1. The largest absolute Gasteiger partial charge is 0.454 e. The second-order valence-electron chi connectivity index (χ2n) is 10.2. The number of fused-ring (bicyclic) bond motifs is 1. The number of carbonyl (C=O) groups excluding carboxylic acids is 3. The molecule has 4 rings (SSSR count). The van der Waals surface area contributed by atoms with Gasteiger partial charge in [-0.1, -0.05) is 50.2 Å². The van der Waals surface area contributed by atoms with E-state index in [1.807, 2.05) is 48.5 Å². The molecule has 3 amide bonds. The van der Waals surface area contributed by atoms with Gasteiger partial charge in [-0.25, -0.2) is 0 Å².